The van der Waals surface area contributed by atoms with Crippen LogP contribution in [0.25, 0.3) is 22.0 Å². The van der Waals surface area contributed by atoms with Crippen molar-refractivity contribution in [3.63, 3.8) is 0 Å². The fraction of sp³-hybridized carbons (Fsp3) is 0.158. The zero-order valence-corrected chi connectivity index (χ0v) is 14.0. The first-order chi connectivity index (χ1) is 12.2. The minimum Gasteiger partial charge on any atom is -0.362 e. The normalized spacial score (nSPS) is 17.5. The molecule has 1 saturated heterocycles. The van der Waals surface area contributed by atoms with Gasteiger partial charge in [-0.3, -0.25) is 9.59 Å². The number of amides is 1. The number of halogens is 1. The number of carbonyl (C=O) groups excluding carboxylic acids is 2. The average molecular weight is 355 g/mol. The molecule has 0 spiro atoms. The Balaban J connectivity index is 1.67. The van der Waals surface area contributed by atoms with Gasteiger partial charge in [-0.25, -0.2) is 0 Å². The van der Waals surface area contributed by atoms with Gasteiger partial charge in [0.25, 0.3) is 0 Å². The van der Waals surface area contributed by atoms with Crippen molar-refractivity contribution in [1.82, 2.24) is 10.3 Å². The fourth-order valence-corrected chi connectivity index (χ4v) is 3.34. The molecule has 3 aromatic rings. The Morgan fingerprint density at radius 3 is 2.68 bits per heavy atom. The minimum absolute atomic E-state index is 0.0802. The SMILES string of the molecule is O=Cc1c[nH]c2cc(Cl)c(-c3ccc([C@H]4CNC(=O)CO4)cc3)cc12. The lowest BCUT2D eigenvalue weighted by atomic mass is 9.99. The maximum absolute atomic E-state index is 11.2. The summed E-state index contributed by atoms with van der Waals surface area (Å²) in [6, 6.07) is 11.6. The summed E-state index contributed by atoms with van der Waals surface area (Å²) in [7, 11) is 0. The van der Waals surface area contributed by atoms with Crippen molar-refractivity contribution in [3.8, 4) is 11.1 Å². The molecule has 0 unspecified atom stereocenters. The number of H-pyrrole nitrogens is 1. The molecular weight excluding hydrogens is 340 g/mol. The Morgan fingerprint density at radius 2 is 2.00 bits per heavy atom. The van der Waals surface area contributed by atoms with Crippen LogP contribution in [0.5, 0.6) is 0 Å². The second kappa shape index (κ2) is 6.35. The summed E-state index contributed by atoms with van der Waals surface area (Å²) in [6.45, 7) is 0.549. The Hall–Kier alpha value is -2.63. The van der Waals surface area contributed by atoms with E-state index in [4.69, 9.17) is 16.3 Å². The number of aldehydes is 1. The lowest BCUT2D eigenvalue weighted by Gasteiger charge is -2.23. The van der Waals surface area contributed by atoms with Crippen molar-refractivity contribution in [3.05, 3.63) is 58.7 Å². The summed E-state index contributed by atoms with van der Waals surface area (Å²) in [5.41, 5.74) is 4.25. The van der Waals surface area contributed by atoms with E-state index in [-0.39, 0.29) is 18.6 Å². The van der Waals surface area contributed by atoms with Gasteiger partial charge >= 0.3 is 0 Å². The highest BCUT2D eigenvalue weighted by atomic mass is 35.5. The number of ether oxygens (including phenoxy) is 1. The van der Waals surface area contributed by atoms with Crippen LogP contribution in [0.4, 0.5) is 0 Å². The molecule has 4 rings (SSSR count). The van der Waals surface area contributed by atoms with E-state index in [9.17, 15) is 9.59 Å². The summed E-state index contributed by atoms with van der Waals surface area (Å²) in [6.07, 6.45) is 2.36. The van der Waals surface area contributed by atoms with Gasteiger partial charge in [-0.05, 0) is 23.3 Å². The van der Waals surface area contributed by atoms with E-state index >= 15 is 0 Å². The number of carbonyl (C=O) groups is 2. The number of hydrogen-bond donors (Lipinski definition) is 2. The van der Waals surface area contributed by atoms with E-state index in [1.165, 1.54) is 0 Å². The first kappa shape index (κ1) is 15.9. The molecule has 1 aliphatic rings. The Bertz CT molecular complexity index is 953. The third-order valence-electron chi connectivity index (χ3n) is 4.42. The standard InChI is InChI=1S/C19H15ClN2O3/c20-16-6-17-15(13(9-23)7-21-17)5-14(16)11-1-3-12(4-2-11)18-8-22-19(24)10-25-18/h1-7,9,18,21H,8,10H2,(H,22,24)/t18-/m1/s1. The summed E-state index contributed by atoms with van der Waals surface area (Å²) < 4.78 is 5.54. The molecule has 1 aliphatic heterocycles. The van der Waals surface area contributed by atoms with E-state index in [0.717, 1.165) is 33.9 Å². The minimum atomic E-state index is -0.143. The maximum Gasteiger partial charge on any atom is 0.246 e. The average Bonchev–Trinajstić information content (AvgIpc) is 3.03. The predicted octanol–water partition coefficient (Wildman–Crippen LogP) is 3.49. The molecule has 6 heteroatoms. The van der Waals surface area contributed by atoms with Crippen molar-refractivity contribution < 1.29 is 14.3 Å². The van der Waals surface area contributed by atoms with Gasteiger partial charge in [-0.1, -0.05) is 35.9 Å². The number of hydrogen-bond acceptors (Lipinski definition) is 3. The molecule has 2 aromatic carbocycles. The summed E-state index contributed by atoms with van der Waals surface area (Å²) >= 11 is 6.41. The van der Waals surface area contributed by atoms with Crippen LogP contribution >= 0.6 is 11.6 Å². The van der Waals surface area contributed by atoms with Crippen molar-refractivity contribution in [2.75, 3.05) is 13.2 Å². The quantitative estimate of drug-likeness (QED) is 0.707. The van der Waals surface area contributed by atoms with Gasteiger partial charge in [0.05, 0.1) is 5.02 Å². The molecule has 1 atom stereocenters. The van der Waals surface area contributed by atoms with Crippen LogP contribution in [0.15, 0.2) is 42.6 Å². The number of aromatic amines is 1. The van der Waals surface area contributed by atoms with Gasteiger partial charge in [0.1, 0.15) is 12.7 Å². The second-order valence-electron chi connectivity index (χ2n) is 5.97. The van der Waals surface area contributed by atoms with Crippen LogP contribution in [0.1, 0.15) is 22.0 Å². The molecule has 2 N–H and O–H groups in total. The summed E-state index contributed by atoms with van der Waals surface area (Å²) in [5.74, 6) is -0.0922. The van der Waals surface area contributed by atoms with E-state index in [1.54, 1.807) is 6.20 Å². The Kier molecular flexibility index (Phi) is 4.03. The number of morpholine rings is 1. The third kappa shape index (κ3) is 2.92. The molecule has 1 aromatic heterocycles. The smallest absolute Gasteiger partial charge is 0.246 e. The number of rotatable bonds is 3. The molecule has 25 heavy (non-hydrogen) atoms. The molecule has 1 amide bonds. The molecular formula is C19H15ClN2O3. The van der Waals surface area contributed by atoms with Gasteiger partial charge in [0.2, 0.25) is 5.91 Å². The first-order valence-corrected chi connectivity index (χ1v) is 8.28. The highest BCUT2D eigenvalue weighted by Gasteiger charge is 2.20. The van der Waals surface area contributed by atoms with E-state index < -0.39 is 0 Å². The van der Waals surface area contributed by atoms with Crippen molar-refractivity contribution in [2.24, 2.45) is 0 Å². The molecule has 0 radical (unpaired) electrons. The van der Waals surface area contributed by atoms with Gasteiger partial charge in [0.15, 0.2) is 6.29 Å². The van der Waals surface area contributed by atoms with E-state index in [1.807, 2.05) is 36.4 Å². The highest BCUT2D eigenvalue weighted by molar-refractivity contribution is 6.34. The molecule has 5 nitrogen and oxygen atoms in total. The Labute approximate surface area is 148 Å². The van der Waals surface area contributed by atoms with E-state index in [0.29, 0.717) is 17.1 Å². The number of benzene rings is 2. The topological polar surface area (TPSA) is 71.2 Å². The predicted molar refractivity (Wildman–Crippen MR) is 95.8 cm³/mol. The zero-order chi connectivity index (χ0) is 17.4. The zero-order valence-electron chi connectivity index (χ0n) is 13.2. The maximum atomic E-state index is 11.2. The largest absolute Gasteiger partial charge is 0.362 e. The fourth-order valence-electron chi connectivity index (χ4n) is 3.07. The lowest BCUT2D eigenvalue weighted by Crippen LogP contribution is -2.38. The van der Waals surface area contributed by atoms with Gasteiger partial charge in [0, 0.05) is 34.8 Å². The number of nitrogens with one attached hydrogen (secondary N) is 2. The van der Waals surface area contributed by atoms with Crippen LogP contribution in [0.3, 0.4) is 0 Å². The van der Waals surface area contributed by atoms with Crippen LogP contribution in [0, 0.1) is 0 Å². The van der Waals surface area contributed by atoms with Gasteiger partial charge in [-0.15, -0.1) is 0 Å². The molecule has 0 aliphatic carbocycles. The number of aromatic nitrogens is 1. The van der Waals surface area contributed by atoms with Crippen molar-refractivity contribution >= 4 is 34.7 Å². The van der Waals surface area contributed by atoms with Crippen LogP contribution in [-0.4, -0.2) is 30.3 Å². The Morgan fingerprint density at radius 1 is 1.20 bits per heavy atom. The van der Waals surface area contributed by atoms with Crippen LogP contribution < -0.4 is 5.32 Å². The molecule has 126 valence electrons. The third-order valence-corrected chi connectivity index (χ3v) is 4.73. The monoisotopic (exact) mass is 354 g/mol. The van der Waals surface area contributed by atoms with E-state index in [2.05, 4.69) is 10.3 Å². The van der Waals surface area contributed by atoms with Gasteiger partial charge < -0.3 is 15.0 Å². The van der Waals surface area contributed by atoms with Crippen LogP contribution in [-0.2, 0) is 9.53 Å². The molecule has 0 bridgehead atoms. The molecule has 0 saturated carbocycles. The van der Waals surface area contributed by atoms with Crippen LogP contribution in [0.2, 0.25) is 5.02 Å². The van der Waals surface area contributed by atoms with Crippen molar-refractivity contribution in [2.45, 2.75) is 6.10 Å². The highest BCUT2D eigenvalue weighted by Crippen LogP contribution is 2.34. The lowest BCUT2D eigenvalue weighted by molar-refractivity contribution is -0.133. The summed E-state index contributed by atoms with van der Waals surface area (Å²) in [5, 5.41) is 4.25. The summed E-state index contributed by atoms with van der Waals surface area (Å²) in [4.78, 5) is 25.4. The first-order valence-electron chi connectivity index (χ1n) is 7.90. The molecule has 1 fully saturated rings. The second-order valence-corrected chi connectivity index (χ2v) is 6.37. The molecule has 2 heterocycles. The number of fused-ring (bicyclic) bond motifs is 1. The van der Waals surface area contributed by atoms with Gasteiger partial charge in [-0.2, -0.15) is 0 Å². The van der Waals surface area contributed by atoms with Crippen molar-refractivity contribution in [1.29, 1.82) is 0 Å².